The second kappa shape index (κ2) is 2.62. The fourth-order valence-electron chi connectivity index (χ4n) is 1.42. The first kappa shape index (κ1) is 8.76. The molecule has 0 aromatic rings. The van der Waals surface area contributed by atoms with Crippen LogP contribution in [0.1, 0.15) is 40.5 Å². The molecule has 0 amide bonds. The molecule has 2 unspecified atom stereocenters. The Bertz CT molecular complexity index is 164. The van der Waals surface area contributed by atoms with Crippen molar-refractivity contribution in [3.05, 3.63) is 0 Å². The van der Waals surface area contributed by atoms with Gasteiger partial charge in [0.2, 0.25) is 0 Å². The topological polar surface area (TPSA) is 17.1 Å². The van der Waals surface area contributed by atoms with Gasteiger partial charge < -0.3 is 0 Å². The average molecular weight is 154 g/mol. The Labute approximate surface area is 69.2 Å². The van der Waals surface area contributed by atoms with Crippen LogP contribution in [-0.2, 0) is 4.79 Å². The highest BCUT2D eigenvalue weighted by molar-refractivity contribution is 5.84. The molecule has 1 saturated carbocycles. The summed E-state index contributed by atoms with van der Waals surface area (Å²) in [6.07, 6.45) is 1.89. The molecule has 64 valence electrons. The Balaban J connectivity index is 2.33. The van der Waals surface area contributed by atoms with Crippen LogP contribution in [0.25, 0.3) is 0 Å². The molecule has 1 aliphatic carbocycles. The van der Waals surface area contributed by atoms with Crippen molar-refractivity contribution in [2.45, 2.75) is 40.5 Å². The summed E-state index contributed by atoms with van der Waals surface area (Å²) in [6.45, 7) is 8.53. The van der Waals surface area contributed by atoms with Crippen molar-refractivity contribution >= 4 is 5.78 Å². The molecule has 2 atom stereocenters. The van der Waals surface area contributed by atoms with Crippen molar-refractivity contribution in [2.75, 3.05) is 0 Å². The van der Waals surface area contributed by atoms with Gasteiger partial charge in [-0.2, -0.15) is 0 Å². The van der Waals surface area contributed by atoms with E-state index in [0.717, 1.165) is 12.8 Å². The Morgan fingerprint density at radius 3 is 2.18 bits per heavy atom. The van der Waals surface area contributed by atoms with Gasteiger partial charge in [-0.05, 0) is 17.8 Å². The number of ketones is 1. The molecule has 0 aromatic carbocycles. The molecule has 0 bridgehead atoms. The predicted molar refractivity (Wildman–Crippen MR) is 46.4 cm³/mol. The molecule has 0 spiro atoms. The standard InChI is InChI=1S/C10H18O/c1-7-5-8(7)9(11)6-10(2,3)4/h7-8H,5-6H2,1-4H3. The SMILES string of the molecule is CC1CC1C(=O)CC(C)(C)C. The van der Waals surface area contributed by atoms with Gasteiger partial charge in [0.05, 0.1) is 0 Å². The van der Waals surface area contributed by atoms with E-state index in [0.29, 0.717) is 17.6 Å². The van der Waals surface area contributed by atoms with E-state index >= 15 is 0 Å². The lowest BCUT2D eigenvalue weighted by molar-refractivity contribution is -0.122. The van der Waals surface area contributed by atoms with E-state index < -0.39 is 0 Å². The van der Waals surface area contributed by atoms with Crippen LogP contribution in [0.15, 0.2) is 0 Å². The maximum atomic E-state index is 11.4. The predicted octanol–water partition coefficient (Wildman–Crippen LogP) is 2.65. The minimum absolute atomic E-state index is 0.180. The Morgan fingerprint density at radius 2 is 1.91 bits per heavy atom. The normalized spacial score (nSPS) is 30.2. The molecule has 1 rings (SSSR count). The number of hydrogen-bond donors (Lipinski definition) is 0. The summed E-state index contributed by atoms with van der Waals surface area (Å²) in [5.74, 6) is 1.56. The first-order chi connectivity index (χ1) is 4.90. The Hall–Kier alpha value is -0.330. The molecule has 0 aromatic heterocycles. The van der Waals surface area contributed by atoms with Gasteiger partial charge >= 0.3 is 0 Å². The van der Waals surface area contributed by atoms with E-state index in [-0.39, 0.29) is 5.41 Å². The third-order valence-corrected chi connectivity index (χ3v) is 2.23. The highest BCUT2D eigenvalue weighted by Gasteiger charge is 2.39. The molecule has 0 saturated heterocycles. The summed E-state index contributed by atoms with van der Waals surface area (Å²) in [5, 5.41) is 0. The van der Waals surface area contributed by atoms with Crippen molar-refractivity contribution in [1.29, 1.82) is 0 Å². The minimum atomic E-state index is 0.180. The maximum absolute atomic E-state index is 11.4. The quantitative estimate of drug-likeness (QED) is 0.597. The lowest BCUT2D eigenvalue weighted by atomic mass is 9.88. The van der Waals surface area contributed by atoms with Gasteiger partial charge in [0.15, 0.2) is 0 Å². The minimum Gasteiger partial charge on any atom is -0.299 e. The number of rotatable bonds is 2. The van der Waals surface area contributed by atoms with E-state index in [1.165, 1.54) is 0 Å². The summed E-state index contributed by atoms with van der Waals surface area (Å²) in [4.78, 5) is 11.4. The molecule has 0 aliphatic heterocycles. The van der Waals surface area contributed by atoms with Gasteiger partial charge in [0.25, 0.3) is 0 Å². The van der Waals surface area contributed by atoms with Crippen LogP contribution in [0.2, 0.25) is 0 Å². The molecule has 0 heterocycles. The maximum Gasteiger partial charge on any atom is 0.136 e. The number of hydrogen-bond acceptors (Lipinski definition) is 1. The summed E-state index contributed by atoms with van der Waals surface area (Å²) in [5.41, 5.74) is 0.180. The summed E-state index contributed by atoms with van der Waals surface area (Å²) < 4.78 is 0. The van der Waals surface area contributed by atoms with Gasteiger partial charge in [-0.15, -0.1) is 0 Å². The monoisotopic (exact) mass is 154 g/mol. The van der Waals surface area contributed by atoms with Crippen LogP contribution in [0.4, 0.5) is 0 Å². The second-order valence-corrected chi connectivity index (χ2v) is 5.02. The van der Waals surface area contributed by atoms with Gasteiger partial charge in [0.1, 0.15) is 5.78 Å². The highest BCUT2D eigenvalue weighted by atomic mass is 16.1. The second-order valence-electron chi connectivity index (χ2n) is 5.02. The zero-order valence-electron chi connectivity index (χ0n) is 7.98. The lowest BCUT2D eigenvalue weighted by Gasteiger charge is -2.16. The van der Waals surface area contributed by atoms with Crippen LogP contribution < -0.4 is 0 Å². The van der Waals surface area contributed by atoms with E-state index in [2.05, 4.69) is 27.7 Å². The molecular weight excluding hydrogens is 136 g/mol. The zero-order valence-corrected chi connectivity index (χ0v) is 7.98. The van der Waals surface area contributed by atoms with Gasteiger partial charge in [0, 0.05) is 12.3 Å². The Morgan fingerprint density at radius 1 is 1.45 bits per heavy atom. The van der Waals surface area contributed by atoms with Gasteiger partial charge in [-0.25, -0.2) is 0 Å². The van der Waals surface area contributed by atoms with Crippen molar-refractivity contribution in [2.24, 2.45) is 17.3 Å². The number of carbonyl (C=O) groups is 1. The zero-order chi connectivity index (χ0) is 8.65. The van der Waals surface area contributed by atoms with Crippen molar-refractivity contribution in [1.82, 2.24) is 0 Å². The smallest absolute Gasteiger partial charge is 0.136 e. The lowest BCUT2D eigenvalue weighted by Crippen LogP contribution is -2.14. The van der Waals surface area contributed by atoms with Gasteiger partial charge in [-0.3, -0.25) is 4.79 Å². The van der Waals surface area contributed by atoms with E-state index in [1.807, 2.05) is 0 Å². The average Bonchev–Trinajstić information content (AvgIpc) is 2.41. The molecule has 1 heteroatoms. The molecule has 0 radical (unpaired) electrons. The fraction of sp³-hybridized carbons (Fsp3) is 0.900. The van der Waals surface area contributed by atoms with Crippen molar-refractivity contribution < 1.29 is 4.79 Å². The van der Waals surface area contributed by atoms with Crippen LogP contribution in [0.5, 0.6) is 0 Å². The Kier molecular flexibility index (Phi) is 2.08. The molecular formula is C10H18O. The van der Waals surface area contributed by atoms with Gasteiger partial charge in [-0.1, -0.05) is 27.7 Å². The van der Waals surface area contributed by atoms with Crippen molar-refractivity contribution in [3.8, 4) is 0 Å². The van der Waals surface area contributed by atoms with E-state index in [9.17, 15) is 4.79 Å². The summed E-state index contributed by atoms with van der Waals surface area (Å²) in [6, 6.07) is 0. The van der Waals surface area contributed by atoms with Crippen LogP contribution in [-0.4, -0.2) is 5.78 Å². The summed E-state index contributed by atoms with van der Waals surface area (Å²) in [7, 11) is 0. The highest BCUT2D eigenvalue weighted by Crippen LogP contribution is 2.40. The van der Waals surface area contributed by atoms with Crippen LogP contribution in [0, 0.1) is 17.3 Å². The molecule has 11 heavy (non-hydrogen) atoms. The third kappa shape index (κ3) is 2.64. The molecule has 1 aliphatic rings. The third-order valence-electron chi connectivity index (χ3n) is 2.23. The first-order valence-electron chi connectivity index (χ1n) is 4.43. The van der Waals surface area contributed by atoms with Crippen LogP contribution in [0.3, 0.4) is 0 Å². The van der Waals surface area contributed by atoms with Crippen LogP contribution >= 0.6 is 0 Å². The molecule has 1 nitrogen and oxygen atoms in total. The first-order valence-corrected chi connectivity index (χ1v) is 4.43. The summed E-state index contributed by atoms with van der Waals surface area (Å²) >= 11 is 0. The van der Waals surface area contributed by atoms with E-state index in [1.54, 1.807) is 0 Å². The number of Topliss-reactive ketones (excluding diaryl/α,β-unsaturated/α-hetero) is 1. The van der Waals surface area contributed by atoms with E-state index in [4.69, 9.17) is 0 Å². The van der Waals surface area contributed by atoms with Crippen molar-refractivity contribution in [3.63, 3.8) is 0 Å². The fourth-order valence-corrected chi connectivity index (χ4v) is 1.42. The molecule has 0 N–H and O–H groups in total. The molecule has 1 fully saturated rings. The largest absolute Gasteiger partial charge is 0.299 e. The number of carbonyl (C=O) groups excluding carboxylic acids is 1.